The standard InChI is InChI=1S/C31H44N6O/c1-23-8-4-9-25-10-5-11-27(29(23)25)37-17-7-13-31(22-37)20-28(36-18-14-32-15-19-36)33-30(34-31)38-21-24(2)26-12-6-16-35(26)3/h4-5,8-11,24,26,32H,6-7,12-22H2,1-3H3/t24-,26?,31?/m1/s1. The van der Waals surface area contributed by atoms with Gasteiger partial charge in [-0.15, -0.1) is 0 Å². The molecule has 4 aliphatic rings. The second-order valence-electron chi connectivity index (χ2n) is 12.0. The maximum atomic E-state index is 6.46. The predicted molar refractivity (Wildman–Crippen MR) is 158 cm³/mol. The van der Waals surface area contributed by atoms with E-state index in [2.05, 4.69) is 77.3 Å². The van der Waals surface area contributed by atoms with E-state index in [0.29, 0.717) is 24.6 Å². The minimum Gasteiger partial charge on any atom is -0.463 e. The van der Waals surface area contributed by atoms with Crippen molar-refractivity contribution in [3.63, 3.8) is 0 Å². The van der Waals surface area contributed by atoms with Crippen LogP contribution in [0.3, 0.4) is 0 Å². The Morgan fingerprint density at radius 1 is 1.05 bits per heavy atom. The molecule has 0 radical (unpaired) electrons. The van der Waals surface area contributed by atoms with Crippen molar-refractivity contribution >= 4 is 28.3 Å². The first-order valence-corrected chi connectivity index (χ1v) is 14.7. The molecule has 4 aliphatic heterocycles. The summed E-state index contributed by atoms with van der Waals surface area (Å²) in [6.45, 7) is 12.4. The van der Waals surface area contributed by atoms with Crippen LogP contribution >= 0.6 is 0 Å². The highest BCUT2D eigenvalue weighted by Gasteiger charge is 2.41. The average molecular weight is 517 g/mol. The molecular formula is C31H44N6O. The lowest BCUT2D eigenvalue weighted by molar-refractivity contribution is 0.158. The monoisotopic (exact) mass is 516 g/mol. The Morgan fingerprint density at radius 2 is 1.87 bits per heavy atom. The van der Waals surface area contributed by atoms with E-state index in [1.54, 1.807) is 0 Å². The van der Waals surface area contributed by atoms with Crippen molar-refractivity contribution in [1.29, 1.82) is 0 Å². The van der Waals surface area contributed by atoms with Gasteiger partial charge in [-0.25, -0.2) is 4.99 Å². The summed E-state index contributed by atoms with van der Waals surface area (Å²) in [7, 11) is 2.24. The molecule has 0 amide bonds. The van der Waals surface area contributed by atoms with Crippen LogP contribution in [0, 0.1) is 12.8 Å². The summed E-state index contributed by atoms with van der Waals surface area (Å²) in [6.07, 6.45) is 5.63. The molecule has 0 bridgehead atoms. The number of hydrogen-bond donors (Lipinski definition) is 1. The third-order valence-corrected chi connectivity index (χ3v) is 9.22. The zero-order valence-corrected chi connectivity index (χ0v) is 23.5. The molecule has 1 N–H and O–H groups in total. The number of nitrogens with zero attached hydrogens (tertiary/aromatic N) is 5. The fourth-order valence-corrected chi connectivity index (χ4v) is 7.18. The van der Waals surface area contributed by atoms with Gasteiger partial charge >= 0.3 is 6.02 Å². The number of nitrogens with one attached hydrogen (secondary N) is 1. The van der Waals surface area contributed by atoms with Gasteiger partial charge in [0.05, 0.1) is 12.1 Å². The van der Waals surface area contributed by atoms with Crippen molar-refractivity contribution in [2.24, 2.45) is 15.9 Å². The topological polar surface area (TPSA) is 55.7 Å². The Kier molecular flexibility index (Phi) is 7.32. The van der Waals surface area contributed by atoms with Crippen LogP contribution in [0.15, 0.2) is 46.4 Å². The molecular weight excluding hydrogens is 472 g/mol. The van der Waals surface area contributed by atoms with Gasteiger partial charge in [0.15, 0.2) is 0 Å². The van der Waals surface area contributed by atoms with Gasteiger partial charge < -0.3 is 24.8 Å². The number of fused-ring (bicyclic) bond motifs is 1. The van der Waals surface area contributed by atoms with E-state index in [0.717, 1.165) is 64.4 Å². The molecule has 2 aromatic rings. The van der Waals surface area contributed by atoms with Gasteiger partial charge in [0.1, 0.15) is 5.84 Å². The van der Waals surface area contributed by atoms with Crippen LogP contribution in [-0.4, -0.2) is 92.7 Å². The minimum absolute atomic E-state index is 0.201. The lowest BCUT2D eigenvalue weighted by atomic mass is 9.84. The lowest BCUT2D eigenvalue weighted by Gasteiger charge is -2.45. The van der Waals surface area contributed by atoms with E-state index < -0.39 is 0 Å². The van der Waals surface area contributed by atoms with Gasteiger partial charge in [0.2, 0.25) is 0 Å². The Hall–Kier alpha value is -2.64. The van der Waals surface area contributed by atoms with Crippen LogP contribution in [0.2, 0.25) is 0 Å². The van der Waals surface area contributed by atoms with Gasteiger partial charge in [-0.05, 0) is 63.2 Å². The molecule has 7 nitrogen and oxygen atoms in total. The lowest BCUT2D eigenvalue weighted by Crippen LogP contribution is -2.54. The number of likely N-dealkylation sites (tertiary alicyclic amines) is 1. The average Bonchev–Trinajstić information content (AvgIpc) is 3.38. The summed E-state index contributed by atoms with van der Waals surface area (Å²) < 4.78 is 6.46. The molecule has 204 valence electrons. The summed E-state index contributed by atoms with van der Waals surface area (Å²) in [5.74, 6) is 1.63. The minimum atomic E-state index is -0.201. The summed E-state index contributed by atoms with van der Waals surface area (Å²) in [5, 5.41) is 6.17. The molecule has 4 heterocycles. The van der Waals surface area contributed by atoms with Gasteiger partial charge in [0.25, 0.3) is 0 Å². The zero-order valence-electron chi connectivity index (χ0n) is 23.5. The van der Waals surface area contributed by atoms with E-state index in [1.165, 1.54) is 41.4 Å². The number of ether oxygens (including phenoxy) is 1. The van der Waals surface area contributed by atoms with Gasteiger partial charge in [0, 0.05) is 68.7 Å². The van der Waals surface area contributed by atoms with Crippen LogP contribution in [0.4, 0.5) is 5.69 Å². The number of hydrogen-bond acceptors (Lipinski definition) is 7. The molecule has 6 rings (SSSR count). The Bertz CT molecular complexity index is 1200. The molecule has 2 unspecified atom stereocenters. The fourth-order valence-electron chi connectivity index (χ4n) is 7.18. The van der Waals surface area contributed by atoms with Crippen LogP contribution in [0.1, 0.15) is 44.6 Å². The molecule has 1 spiro atoms. The molecule has 0 aliphatic carbocycles. The van der Waals surface area contributed by atoms with E-state index in [9.17, 15) is 0 Å². The number of aryl methyl sites for hydroxylation is 1. The third-order valence-electron chi connectivity index (χ3n) is 9.22. The van der Waals surface area contributed by atoms with E-state index >= 15 is 0 Å². The first-order valence-electron chi connectivity index (χ1n) is 14.7. The van der Waals surface area contributed by atoms with Gasteiger partial charge in [-0.2, -0.15) is 4.99 Å². The molecule has 2 aromatic carbocycles. The van der Waals surface area contributed by atoms with E-state index in [1.807, 2.05) is 0 Å². The summed E-state index contributed by atoms with van der Waals surface area (Å²) in [5.41, 5.74) is 2.47. The number of amidine groups is 2. The SMILES string of the molecule is Cc1cccc2cccc(N3CCCC4(CC(N5CCNCC5)=NC(OC[C@@H](C)C5CCCN5C)=N4)C3)c12. The number of aliphatic imine (C=N–C) groups is 2. The summed E-state index contributed by atoms with van der Waals surface area (Å²) in [4.78, 5) is 17.9. The number of piperidine rings is 1. The third kappa shape index (κ3) is 5.15. The second kappa shape index (κ2) is 10.9. The molecule has 0 aromatic heterocycles. The van der Waals surface area contributed by atoms with Gasteiger partial charge in [-0.3, -0.25) is 0 Å². The van der Waals surface area contributed by atoms with Crippen molar-refractivity contribution in [1.82, 2.24) is 15.1 Å². The Morgan fingerprint density at radius 3 is 2.66 bits per heavy atom. The first-order chi connectivity index (χ1) is 18.5. The molecule has 7 heteroatoms. The molecule has 3 saturated heterocycles. The highest BCUT2D eigenvalue weighted by molar-refractivity contribution is 5.98. The molecule has 3 fully saturated rings. The van der Waals surface area contributed by atoms with Crippen LogP contribution in [0.5, 0.6) is 0 Å². The summed E-state index contributed by atoms with van der Waals surface area (Å²) >= 11 is 0. The largest absolute Gasteiger partial charge is 0.463 e. The molecule has 38 heavy (non-hydrogen) atoms. The van der Waals surface area contributed by atoms with Crippen LogP contribution < -0.4 is 10.2 Å². The summed E-state index contributed by atoms with van der Waals surface area (Å²) in [6, 6.07) is 14.5. The highest BCUT2D eigenvalue weighted by Crippen LogP contribution is 2.38. The predicted octanol–water partition coefficient (Wildman–Crippen LogP) is 4.30. The van der Waals surface area contributed by atoms with Crippen LogP contribution in [-0.2, 0) is 4.74 Å². The quantitative estimate of drug-likeness (QED) is 0.657. The van der Waals surface area contributed by atoms with Crippen molar-refractivity contribution in [2.75, 3.05) is 64.4 Å². The number of piperazine rings is 1. The highest BCUT2D eigenvalue weighted by atomic mass is 16.5. The molecule has 0 saturated carbocycles. The number of rotatable bonds is 4. The Labute approximate surface area is 227 Å². The van der Waals surface area contributed by atoms with E-state index in [-0.39, 0.29) is 5.54 Å². The smallest absolute Gasteiger partial charge is 0.313 e. The van der Waals surface area contributed by atoms with Crippen molar-refractivity contribution in [2.45, 2.75) is 57.5 Å². The van der Waals surface area contributed by atoms with E-state index in [4.69, 9.17) is 14.7 Å². The molecule has 3 atom stereocenters. The fraction of sp³-hybridized carbons (Fsp3) is 0.613. The van der Waals surface area contributed by atoms with Crippen molar-refractivity contribution in [3.8, 4) is 0 Å². The Balaban J connectivity index is 1.28. The van der Waals surface area contributed by atoms with Crippen molar-refractivity contribution in [3.05, 3.63) is 42.0 Å². The van der Waals surface area contributed by atoms with Gasteiger partial charge in [-0.1, -0.05) is 37.3 Å². The zero-order chi connectivity index (χ0) is 26.1. The normalized spacial score (nSPS) is 27.5. The first kappa shape index (κ1) is 25.6. The van der Waals surface area contributed by atoms with Crippen molar-refractivity contribution < 1.29 is 4.74 Å². The second-order valence-corrected chi connectivity index (χ2v) is 12.0. The maximum absolute atomic E-state index is 6.46. The van der Waals surface area contributed by atoms with Crippen LogP contribution in [0.25, 0.3) is 10.8 Å². The number of benzene rings is 2. The number of anilines is 1. The maximum Gasteiger partial charge on any atom is 0.313 e.